The third-order valence-corrected chi connectivity index (χ3v) is 1.11. The molecule has 70 valence electrons. The fraction of sp³-hybridized carbons (Fsp3) is 0.200. The summed E-state index contributed by atoms with van der Waals surface area (Å²) in [6, 6.07) is -0.537. The molecule has 0 saturated heterocycles. The fourth-order valence-electron chi connectivity index (χ4n) is 0.505. The molecule has 3 amide bonds. The summed E-state index contributed by atoms with van der Waals surface area (Å²) in [5, 5.41) is 8.71. The molecular formula is C5H7N5O3. The van der Waals surface area contributed by atoms with Gasteiger partial charge < -0.3 is 5.32 Å². The van der Waals surface area contributed by atoms with Gasteiger partial charge in [0.15, 0.2) is 5.69 Å². The van der Waals surface area contributed by atoms with Gasteiger partial charge in [-0.15, -0.1) is 0 Å². The van der Waals surface area contributed by atoms with Gasteiger partial charge in [0.05, 0.1) is 0 Å². The standard InChI is InChI=1S/C5H7N5O3/c1-6-5(12)9-8-4(11)3-2-7-13-10-3/h2H,1H3,(H,8,11)(H2,6,9,12). The van der Waals surface area contributed by atoms with E-state index in [1.165, 1.54) is 7.05 Å². The zero-order valence-electron chi connectivity index (χ0n) is 6.70. The Kier molecular flexibility index (Phi) is 2.79. The summed E-state index contributed by atoms with van der Waals surface area (Å²) in [7, 11) is 1.42. The van der Waals surface area contributed by atoms with Crippen molar-refractivity contribution in [2.45, 2.75) is 0 Å². The number of rotatable bonds is 1. The van der Waals surface area contributed by atoms with E-state index in [0.29, 0.717) is 0 Å². The highest BCUT2D eigenvalue weighted by Gasteiger charge is 2.09. The van der Waals surface area contributed by atoms with Gasteiger partial charge in [0.25, 0.3) is 5.91 Å². The highest BCUT2D eigenvalue weighted by atomic mass is 16.6. The molecule has 0 atom stereocenters. The first-order valence-corrected chi connectivity index (χ1v) is 3.29. The van der Waals surface area contributed by atoms with Crippen LogP contribution in [0.4, 0.5) is 4.79 Å². The van der Waals surface area contributed by atoms with E-state index in [4.69, 9.17) is 0 Å². The summed E-state index contributed by atoms with van der Waals surface area (Å²) in [4.78, 5) is 21.6. The molecule has 0 aliphatic carbocycles. The molecule has 0 aliphatic heterocycles. The molecule has 1 heterocycles. The maximum absolute atomic E-state index is 11.0. The maximum atomic E-state index is 11.0. The van der Waals surface area contributed by atoms with Crippen LogP contribution < -0.4 is 16.2 Å². The maximum Gasteiger partial charge on any atom is 0.333 e. The monoisotopic (exact) mass is 185 g/mol. The van der Waals surface area contributed by atoms with Gasteiger partial charge in [0, 0.05) is 7.05 Å². The molecule has 0 aliphatic rings. The van der Waals surface area contributed by atoms with E-state index in [2.05, 4.69) is 31.1 Å². The lowest BCUT2D eigenvalue weighted by Gasteiger charge is -2.03. The smallest absolute Gasteiger partial charge is 0.333 e. The molecule has 8 heteroatoms. The minimum atomic E-state index is -0.607. The summed E-state index contributed by atoms with van der Waals surface area (Å²) in [5.41, 5.74) is 4.12. The van der Waals surface area contributed by atoms with Crippen LogP contribution in [0.25, 0.3) is 0 Å². The highest BCUT2D eigenvalue weighted by Crippen LogP contribution is 1.87. The molecule has 0 spiro atoms. The van der Waals surface area contributed by atoms with Crippen LogP contribution in [0, 0.1) is 0 Å². The molecule has 0 saturated carbocycles. The quantitative estimate of drug-likeness (QED) is 0.468. The van der Waals surface area contributed by atoms with Gasteiger partial charge >= 0.3 is 6.03 Å². The zero-order valence-corrected chi connectivity index (χ0v) is 6.70. The topological polar surface area (TPSA) is 109 Å². The van der Waals surface area contributed by atoms with Gasteiger partial charge in [0.1, 0.15) is 6.20 Å². The lowest BCUT2D eigenvalue weighted by molar-refractivity contribution is 0.0926. The van der Waals surface area contributed by atoms with E-state index in [-0.39, 0.29) is 5.69 Å². The Balaban J connectivity index is 2.39. The van der Waals surface area contributed by atoms with Gasteiger partial charge in [-0.3, -0.25) is 10.2 Å². The first-order chi connectivity index (χ1) is 6.24. The molecule has 0 aromatic carbocycles. The summed E-state index contributed by atoms with van der Waals surface area (Å²) >= 11 is 0. The molecule has 8 nitrogen and oxygen atoms in total. The van der Waals surface area contributed by atoms with Crippen LogP contribution in [0.5, 0.6) is 0 Å². The average Bonchev–Trinajstić information content (AvgIpc) is 2.66. The number of carbonyl (C=O) groups is 2. The molecule has 13 heavy (non-hydrogen) atoms. The number of carbonyl (C=O) groups excluding carboxylic acids is 2. The van der Waals surface area contributed by atoms with Crippen LogP contribution in [0.3, 0.4) is 0 Å². The number of urea groups is 1. The fourth-order valence-corrected chi connectivity index (χ4v) is 0.505. The number of nitrogens with zero attached hydrogens (tertiary/aromatic N) is 2. The van der Waals surface area contributed by atoms with Crippen LogP contribution in [-0.2, 0) is 0 Å². The minimum absolute atomic E-state index is 0.0172. The number of hydrogen-bond acceptors (Lipinski definition) is 5. The van der Waals surface area contributed by atoms with E-state index in [1.54, 1.807) is 0 Å². The van der Waals surface area contributed by atoms with E-state index in [9.17, 15) is 9.59 Å². The Labute approximate surface area is 72.6 Å². The van der Waals surface area contributed by atoms with Gasteiger partial charge in [0.2, 0.25) is 0 Å². The Morgan fingerprint density at radius 3 is 2.77 bits per heavy atom. The normalized spacial score (nSPS) is 9.00. The van der Waals surface area contributed by atoms with Crippen molar-refractivity contribution >= 4 is 11.9 Å². The highest BCUT2D eigenvalue weighted by molar-refractivity contribution is 5.92. The van der Waals surface area contributed by atoms with Crippen molar-refractivity contribution in [3.63, 3.8) is 0 Å². The number of hydrazine groups is 1. The van der Waals surface area contributed by atoms with E-state index >= 15 is 0 Å². The first kappa shape index (κ1) is 8.97. The lowest BCUT2D eigenvalue weighted by Crippen LogP contribution is -2.45. The van der Waals surface area contributed by atoms with Crippen LogP contribution in [0.2, 0.25) is 0 Å². The molecule has 0 radical (unpaired) electrons. The molecule has 0 unspecified atom stereocenters. The van der Waals surface area contributed by atoms with Crippen molar-refractivity contribution in [3.8, 4) is 0 Å². The Morgan fingerprint density at radius 1 is 1.46 bits per heavy atom. The van der Waals surface area contributed by atoms with Crippen molar-refractivity contribution in [1.82, 2.24) is 26.5 Å². The Hall–Kier alpha value is -2.12. The van der Waals surface area contributed by atoms with Crippen molar-refractivity contribution in [2.24, 2.45) is 0 Å². The van der Waals surface area contributed by atoms with Crippen molar-refractivity contribution in [1.29, 1.82) is 0 Å². The minimum Gasteiger partial charge on any atom is -0.340 e. The summed E-state index contributed by atoms with van der Waals surface area (Å²) in [6.45, 7) is 0. The number of aromatic nitrogens is 2. The van der Waals surface area contributed by atoms with Crippen LogP contribution in [0.1, 0.15) is 10.5 Å². The Bertz CT molecular complexity index is 295. The van der Waals surface area contributed by atoms with Crippen molar-refractivity contribution < 1.29 is 14.2 Å². The summed E-state index contributed by atoms with van der Waals surface area (Å²) < 4.78 is 4.18. The molecule has 1 aromatic heterocycles. The molecule has 0 fully saturated rings. The zero-order chi connectivity index (χ0) is 9.68. The van der Waals surface area contributed by atoms with E-state index in [0.717, 1.165) is 6.20 Å². The molecule has 0 bridgehead atoms. The van der Waals surface area contributed by atoms with Crippen LogP contribution in [-0.4, -0.2) is 29.3 Å². The second kappa shape index (κ2) is 4.04. The van der Waals surface area contributed by atoms with Gasteiger partial charge in [-0.25, -0.2) is 14.8 Å². The van der Waals surface area contributed by atoms with Crippen LogP contribution >= 0.6 is 0 Å². The van der Waals surface area contributed by atoms with E-state index in [1.807, 2.05) is 0 Å². The van der Waals surface area contributed by atoms with Crippen molar-refractivity contribution in [3.05, 3.63) is 11.9 Å². The van der Waals surface area contributed by atoms with Gasteiger partial charge in [-0.05, 0) is 5.16 Å². The average molecular weight is 185 g/mol. The largest absolute Gasteiger partial charge is 0.340 e. The second-order valence-corrected chi connectivity index (χ2v) is 1.95. The summed E-state index contributed by atoms with van der Waals surface area (Å²) in [6.07, 6.45) is 1.13. The third kappa shape index (κ3) is 2.43. The molecule has 1 rings (SSSR count). The SMILES string of the molecule is CNC(=O)NNC(=O)c1cnon1. The first-order valence-electron chi connectivity index (χ1n) is 3.29. The second-order valence-electron chi connectivity index (χ2n) is 1.95. The number of hydrogen-bond donors (Lipinski definition) is 3. The van der Waals surface area contributed by atoms with Gasteiger partial charge in [-0.2, -0.15) is 0 Å². The lowest BCUT2D eigenvalue weighted by atomic mass is 10.5. The number of nitrogens with one attached hydrogen (secondary N) is 3. The van der Waals surface area contributed by atoms with Gasteiger partial charge in [-0.1, -0.05) is 5.16 Å². The predicted molar refractivity (Wildman–Crippen MR) is 39.4 cm³/mol. The predicted octanol–water partition coefficient (Wildman–Crippen LogP) is -1.36. The van der Waals surface area contributed by atoms with Crippen molar-refractivity contribution in [2.75, 3.05) is 7.05 Å². The third-order valence-electron chi connectivity index (χ3n) is 1.11. The number of amides is 3. The molecule has 1 aromatic rings. The molecular weight excluding hydrogens is 178 g/mol. The molecule has 3 N–H and O–H groups in total. The van der Waals surface area contributed by atoms with E-state index < -0.39 is 11.9 Å². The van der Waals surface area contributed by atoms with Crippen LogP contribution in [0.15, 0.2) is 10.8 Å². The summed E-state index contributed by atoms with van der Waals surface area (Å²) in [5.74, 6) is -0.607. The Morgan fingerprint density at radius 2 is 2.23 bits per heavy atom.